The predicted molar refractivity (Wildman–Crippen MR) is 103 cm³/mol. The number of halogens is 2. The highest BCUT2D eigenvalue weighted by Crippen LogP contribution is 2.29. The average Bonchev–Trinajstić information content (AvgIpc) is 2.61. The molecule has 0 saturated carbocycles. The summed E-state index contributed by atoms with van der Waals surface area (Å²) in [5.74, 6) is 0. The zero-order valence-electron chi connectivity index (χ0n) is 14.1. The number of aryl methyl sites for hydroxylation is 2. The summed E-state index contributed by atoms with van der Waals surface area (Å²) in [5.41, 5.74) is 3.71. The summed E-state index contributed by atoms with van der Waals surface area (Å²) in [4.78, 5) is 0.0121. The molecule has 0 heterocycles. The maximum Gasteiger partial charge on any atom is 0.242 e. The van der Waals surface area contributed by atoms with Gasteiger partial charge in [-0.1, -0.05) is 48.3 Å². The van der Waals surface area contributed by atoms with Crippen LogP contribution in [0, 0.1) is 0 Å². The first-order chi connectivity index (χ1) is 11.9. The van der Waals surface area contributed by atoms with Gasteiger partial charge in [-0.15, -0.1) is 0 Å². The van der Waals surface area contributed by atoms with Gasteiger partial charge >= 0.3 is 0 Å². The molecule has 25 heavy (non-hydrogen) atoms. The Balaban J connectivity index is 1.90. The van der Waals surface area contributed by atoms with E-state index in [0.29, 0.717) is 11.4 Å². The highest BCUT2D eigenvalue weighted by atomic mass is 35.5. The van der Waals surface area contributed by atoms with Gasteiger partial charge in [0.15, 0.2) is 0 Å². The monoisotopic (exact) mass is 397 g/mol. The Morgan fingerprint density at radius 2 is 1.76 bits per heavy atom. The van der Waals surface area contributed by atoms with E-state index in [1.54, 1.807) is 6.07 Å². The summed E-state index contributed by atoms with van der Waals surface area (Å²) in [6.07, 6.45) is 5.24. The number of nitrogens with one attached hydrogen (secondary N) is 1. The molecule has 1 atom stereocenters. The normalized spacial score (nSPS) is 15.6. The maximum atomic E-state index is 12.8. The Kier molecular flexibility index (Phi) is 5.74. The van der Waals surface area contributed by atoms with E-state index < -0.39 is 10.0 Å². The van der Waals surface area contributed by atoms with Crippen LogP contribution in [0.5, 0.6) is 0 Å². The van der Waals surface area contributed by atoms with Crippen molar-refractivity contribution in [1.29, 1.82) is 0 Å². The molecule has 0 aromatic heterocycles. The average molecular weight is 398 g/mol. The summed E-state index contributed by atoms with van der Waals surface area (Å²) < 4.78 is 28.3. The molecule has 1 aliphatic rings. The molecule has 134 valence electrons. The second kappa shape index (κ2) is 7.67. The third kappa shape index (κ3) is 4.20. The number of hydrogen-bond donors (Lipinski definition) is 1. The fourth-order valence-electron chi connectivity index (χ4n) is 3.29. The molecule has 0 unspecified atom stereocenters. The fourth-order valence-corrected chi connectivity index (χ4v) is 5.36. The van der Waals surface area contributed by atoms with Crippen LogP contribution in [0.4, 0.5) is 0 Å². The van der Waals surface area contributed by atoms with E-state index in [0.717, 1.165) is 18.4 Å². The Morgan fingerprint density at radius 1 is 1.04 bits per heavy atom. The van der Waals surface area contributed by atoms with Crippen molar-refractivity contribution < 1.29 is 8.42 Å². The molecule has 1 N–H and O–H groups in total. The molecule has 1 aliphatic carbocycles. The zero-order chi connectivity index (χ0) is 18.0. The van der Waals surface area contributed by atoms with Crippen LogP contribution in [0.2, 0.25) is 10.0 Å². The summed E-state index contributed by atoms with van der Waals surface area (Å²) in [6, 6.07) is 10.5. The molecular weight excluding hydrogens is 377 g/mol. The number of fused-ring (bicyclic) bond motifs is 1. The first-order valence-corrected chi connectivity index (χ1v) is 10.7. The van der Waals surface area contributed by atoms with Gasteiger partial charge in [-0.05, 0) is 67.0 Å². The fraction of sp³-hybridized carbons (Fsp3) is 0.368. The number of sulfonamides is 1. The third-order valence-electron chi connectivity index (χ3n) is 4.66. The molecule has 6 heteroatoms. The molecule has 0 spiro atoms. The molecule has 0 bridgehead atoms. The molecule has 3 rings (SSSR count). The van der Waals surface area contributed by atoms with Crippen molar-refractivity contribution in [2.75, 3.05) is 0 Å². The quantitative estimate of drug-likeness (QED) is 0.743. The van der Waals surface area contributed by atoms with Crippen molar-refractivity contribution in [2.24, 2.45) is 0 Å². The second-order valence-corrected chi connectivity index (χ2v) is 8.92. The standard InChI is InChI=1S/C19H21Cl2NO2S/c1-2-18(15-8-7-13-5-3-4-6-14(13)11-15)22-25(23,24)19-12-16(20)9-10-17(19)21/h7-12,18,22H,2-6H2,1H3/t18-/m1/s1. The van der Waals surface area contributed by atoms with Gasteiger partial charge in [-0.2, -0.15) is 0 Å². The van der Waals surface area contributed by atoms with Crippen LogP contribution in [0.25, 0.3) is 0 Å². The van der Waals surface area contributed by atoms with Gasteiger partial charge in [-0.25, -0.2) is 13.1 Å². The van der Waals surface area contributed by atoms with Gasteiger partial charge in [0.25, 0.3) is 0 Å². The molecule has 0 fully saturated rings. The van der Waals surface area contributed by atoms with Gasteiger partial charge in [0, 0.05) is 11.1 Å². The van der Waals surface area contributed by atoms with Crippen LogP contribution < -0.4 is 4.72 Å². The van der Waals surface area contributed by atoms with Gasteiger partial charge < -0.3 is 0 Å². The molecule has 0 radical (unpaired) electrons. The van der Waals surface area contributed by atoms with E-state index in [9.17, 15) is 8.42 Å². The van der Waals surface area contributed by atoms with Gasteiger partial charge in [0.05, 0.1) is 5.02 Å². The lowest BCUT2D eigenvalue weighted by molar-refractivity contribution is 0.549. The predicted octanol–water partition coefficient (Wildman–Crippen LogP) is 5.30. The van der Waals surface area contributed by atoms with Crippen LogP contribution in [-0.4, -0.2) is 8.42 Å². The molecule has 0 amide bonds. The van der Waals surface area contributed by atoms with Crippen molar-refractivity contribution in [3.63, 3.8) is 0 Å². The van der Waals surface area contributed by atoms with Crippen LogP contribution >= 0.6 is 23.2 Å². The largest absolute Gasteiger partial charge is 0.242 e. The molecular formula is C19H21Cl2NO2S. The molecule has 0 saturated heterocycles. The second-order valence-electron chi connectivity index (χ2n) is 6.39. The minimum Gasteiger partial charge on any atom is -0.207 e. The van der Waals surface area contributed by atoms with Crippen molar-refractivity contribution in [2.45, 2.75) is 50.0 Å². The summed E-state index contributed by atoms with van der Waals surface area (Å²) >= 11 is 12.0. The Bertz CT molecular complexity index is 881. The van der Waals surface area contributed by atoms with E-state index in [1.165, 1.54) is 36.1 Å². The van der Waals surface area contributed by atoms with E-state index in [1.807, 2.05) is 13.0 Å². The van der Waals surface area contributed by atoms with E-state index in [2.05, 4.69) is 16.9 Å². The Hall–Kier alpha value is -1.07. The van der Waals surface area contributed by atoms with Crippen LogP contribution in [0.15, 0.2) is 41.3 Å². The summed E-state index contributed by atoms with van der Waals surface area (Å²) in [5, 5.41) is 0.504. The first-order valence-electron chi connectivity index (χ1n) is 8.50. The van der Waals surface area contributed by atoms with Gasteiger partial charge in [-0.3, -0.25) is 0 Å². The third-order valence-corrected chi connectivity index (χ3v) is 6.85. The van der Waals surface area contributed by atoms with Crippen molar-refractivity contribution in [3.8, 4) is 0 Å². The van der Waals surface area contributed by atoms with Crippen molar-refractivity contribution in [1.82, 2.24) is 4.72 Å². The summed E-state index contributed by atoms with van der Waals surface area (Å²) in [6.45, 7) is 1.96. The summed E-state index contributed by atoms with van der Waals surface area (Å²) in [7, 11) is -3.76. The number of benzene rings is 2. The van der Waals surface area contributed by atoms with Crippen molar-refractivity contribution >= 4 is 33.2 Å². The number of rotatable bonds is 5. The molecule has 2 aromatic carbocycles. The van der Waals surface area contributed by atoms with Crippen molar-refractivity contribution in [3.05, 3.63) is 63.1 Å². The molecule has 2 aromatic rings. The van der Waals surface area contributed by atoms with Crippen LogP contribution in [-0.2, 0) is 22.9 Å². The minimum atomic E-state index is -3.76. The van der Waals surface area contributed by atoms with E-state index in [-0.39, 0.29) is 16.0 Å². The van der Waals surface area contributed by atoms with E-state index >= 15 is 0 Å². The molecule has 3 nitrogen and oxygen atoms in total. The highest BCUT2D eigenvalue weighted by Gasteiger charge is 2.24. The first kappa shape index (κ1) is 18.7. The SMILES string of the molecule is CC[C@@H](NS(=O)(=O)c1cc(Cl)ccc1Cl)c1ccc2c(c1)CCCC2. The lowest BCUT2D eigenvalue weighted by atomic mass is 9.89. The molecule has 0 aliphatic heterocycles. The minimum absolute atomic E-state index is 0.0121. The zero-order valence-corrected chi connectivity index (χ0v) is 16.4. The van der Waals surface area contributed by atoms with Crippen LogP contribution in [0.3, 0.4) is 0 Å². The Morgan fingerprint density at radius 3 is 2.48 bits per heavy atom. The van der Waals surface area contributed by atoms with Gasteiger partial charge in [0.2, 0.25) is 10.0 Å². The lowest BCUT2D eigenvalue weighted by Crippen LogP contribution is -2.28. The van der Waals surface area contributed by atoms with Crippen LogP contribution in [0.1, 0.15) is 48.9 Å². The number of hydrogen-bond acceptors (Lipinski definition) is 2. The highest BCUT2D eigenvalue weighted by molar-refractivity contribution is 7.89. The van der Waals surface area contributed by atoms with Gasteiger partial charge in [0.1, 0.15) is 4.90 Å². The smallest absolute Gasteiger partial charge is 0.207 e. The lowest BCUT2D eigenvalue weighted by Gasteiger charge is -2.22. The maximum absolute atomic E-state index is 12.8. The topological polar surface area (TPSA) is 46.2 Å². The Labute approximate surface area is 159 Å². The van der Waals surface area contributed by atoms with E-state index in [4.69, 9.17) is 23.2 Å².